The van der Waals surface area contributed by atoms with E-state index >= 15 is 0 Å². The zero-order valence-electron chi connectivity index (χ0n) is 13.6. The summed E-state index contributed by atoms with van der Waals surface area (Å²) < 4.78 is 5.19. The van der Waals surface area contributed by atoms with Crippen molar-refractivity contribution in [3.8, 4) is 5.75 Å². The molecule has 8 heteroatoms. The highest BCUT2D eigenvalue weighted by atomic mass is 79.9. The van der Waals surface area contributed by atoms with Gasteiger partial charge in [-0.05, 0) is 25.0 Å². The Bertz CT molecular complexity index is 684. The van der Waals surface area contributed by atoms with Crippen LogP contribution >= 0.6 is 31.9 Å². The maximum atomic E-state index is 12.6. The monoisotopic (exact) mass is 472 g/mol. The van der Waals surface area contributed by atoms with Crippen molar-refractivity contribution in [1.29, 1.82) is 0 Å². The number of amides is 3. The molecule has 1 aliphatic carbocycles. The van der Waals surface area contributed by atoms with Crippen LogP contribution in [0.4, 0.5) is 5.69 Å². The normalized spacial score (nSPS) is 28.7. The maximum absolute atomic E-state index is 12.6. The maximum Gasteiger partial charge on any atom is 0.244 e. The minimum Gasteiger partial charge on any atom is -0.495 e. The Morgan fingerprint density at radius 3 is 2.28 bits per heavy atom. The van der Waals surface area contributed by atoms with E-state index in [1.54, 1.807) is 24.3 Å². The number of carbonyl (C=O) groups is 3. The highest BCUT2D eigenvalue weighted by molar-refractivity contribution is 9.12. The first-order valence-electron chi connectivity index (χ1n) is 7.98. The Morgan fingerprint density at radius 2 is 1.72 bits per heavy atom. The molecule has 0 bridgehead atoms. The second kappa shape index (κ2) is 7.45. The van der Waals surface area contributed by atoms with E-state index in [4.69, 9.17) is 4.74 Å². The molecule has 1 saturated heterocycles. The Balaban J connectivity index is 1.69. The van der Waals surface area contributed by atoms with Crippen LogP contribution in [0.3, 0.4) is 0 Å². The average Bonchev–Trinajstić information content (AvgIpc) is 2.81. The number of ether oxygens (including phenoxy) is 1. The second-order valence-corrected chi connectivity index (χ2v) is 8.58. The summed E-state index contributed by atoms with van der Waals surface area (Å²) in [6.45, 7) is -0.275. The molecule has 0 spiro atoms. The van der Waals surface area contributed by atoms with Gasteiger partial charge in [-0.2, -0.15) is 0 Å². The molecule has 1 heterocycles. The molecule has 134 valence electrons. The van der Waals surface area contributed by atoms with Crippen LogP contribution in [-0.4, -0.2) is 45.9 Å². The van der Waals surface area contributed by atoms with Crippen LogP contribution in [0.5, 0.6) is 5.75 Å². The van der Waals surface area contributed by atoms with E-state index in [0.29, 0.717) is 24.3 Å². The number of nitrogens with one attached hydrogen (secondary N) is 1. The molecule has 2 aliphatic rings. The molecule has 0 radical (unpaired) electrons. The number of benzene rings is 1. The van der Waals surface area contributed by atoms with Crippen LogP contribution < -0.4 is 10.1 Å². The Morgan fingerprint density at radius 1 is 1.16 bits per heavy atom. The molecule has 6 nitrogen and oxygen atoms in total. The van der Waals surface area contributed by atoms with E-state index in [0.717, 1.165) is 4.90 Å². The summed E-state index contributed by atoms with van der Waals surface area (Å²) in [4.78, 5) is 38.9. The van der Waals surface area contributed by atoms with Gasteiger partial charge in [0.05, 0.1) is 24.6 Å². The number of carbonyl (C=O) groups excluding carboxylic acids is 3. The predicted molar refractivity (Wildman–Crippen MR) is 100.0 cm³/mol. The first kappa shape index (κ1) is 18.4. The molecular weight excluding hydrogens is 456 g/mol. The quantitative estimate of drug-likeness (QED) is 0.538. The number of halogens is 2. The van der Waals surface area contributed by atoms with E-state index in [9.17, 15) is 14.4 Å². The lowest BCUT2D eigenvalue weighted by Gasteiger charge is -2.29. The number of likely N-dealkylation sites (tertiary alicyclic amines) is 1. The summed E-state index contributed by atoms with van der Waals surface area (Å²) in [6, 6.07) is 6.99. The summed E-state index contributed by atoms with van der Waals surface area (Å²) in [5.74, 6) is -1.10. The third-order valence-corrected chi connectivity index (χ3v) is 7.42. The summed E-state index contributed by atoms with van der Waals surface area (Å²) >= 11 is 7.09. The number of anilines is 1. The molecule has 1 N–H and O–H groups in total. The van der Waals surface area contributed by atoms with Crippen LogP contribution in [0, 0.1) is 11.8 Å². The highest BCUT2D eigenvalue weighted by Gasteiger charge is 2.52. The van der Waals surface area contributed by atoms with Crippen molar-refractivity contribution in [2.75, 3.05) is 19.0 Å². The summed E-state index contributed by atoms with van der Waals surface area (Å²) in [6.07, 6.45) is 1.19. The molecule has 3 amide bonds. The minimum atomic E-state index is -0.421. The topological polar surface area (TPSA) is 75.7 Å². The standard InChI is InChI=1S/C17H18Br2N2O4/c1-25-14-5-3-2-4-13(14)20-15(22)8-21-16(23)9-6-11(18)12(19)7-10(9)17(21)24/h2-5,9-12H,6-8H2,1H3,(H,20,22)/t9-,10+,11+,12-. The number of fused-ring (bicyclic) bond motifs is 1. The lowest BCUT2D eigenvalue weighted by atomic mass is 9.81. The van der Waals surface area contributed by atoms with E-state index in [2.05, 4.69) is 37.2 Å². The van der Waals surface area contributed by atoms with Crippen molar-refractivity contribution in [1.82, 2.24) is 4.90 Å². The third-order valence-electron chi connectivity index (χ3n) is 4.69. The van der Waals surface area contributed by atoms with Gasteiger partial charge < -0.3 is 10.1 Å². The number of hydrogen-bond donors (Lipinski definition) is 1. The second-order valence-electron chi connectivity index (χ2n) is 6.23. The van der Waals surface area contributed by atoms with Gasteiger partial charge in [-0.25, -0.2) is 0 Å². The van der Waals surface area contributed by atoms with Gasteiger partial charge in [0.2, 0.25) is 17.7 Å². The van der Waals surface area contributed by atoms with Crippen LogP contribution in [0.1, 0.15) is 12.8 Å². The molecule has 25 heavy (non-hydrogen) atoms. The SMILES string of the molecule is COc1ccccc1NC(=O)CN1C(=O)[C@H]2C[C@@H](Br)[C@@H](Br)C[C@H]2C1=O. The highest BCUT2D eigenvalue weighted by Crippen LogP contribution is 2.43. The summed E-state index contributed by atoms with van der Waals surface area (Å²) in [5.41, 5.74) is 0.507. The largest absolute Gasteiger partial charge is 0.495 e. The van der Waals surface area contributed by atoms with Gasteiger partial charge in [0, 0.05) is 9.65 Å². The Kier molecular flexibility index (Phi) is 5.48. The van der Waals surface area contributed by atoms with Gasteiger partial charge >= 0.3 is 0 Å². The van der Waals surface area contributed by atoms with Crippen molar-refractivity contribution >= 4 is 55.3 Å². The molecule has 2 fully saturated rings. The first-order valence-corrected chi connectivity index (χ1v) is 9.81. The number of methoxy groups -OCH3 is 1. The molecule has 1 saturated carbocycles. The van der Waals surface area contributed by atoms with Gasteiger partial charge in [-0.15, -0.1) is 0 Å². The molecule has 0 unspecified atom stereocenters. The fraction of sp³-hybridized carbons (Fsp3) is 0.471. The number of hydrogen-bond acceptors (Lipinski definition) is 4. The van der Waals surface area contributed by atoms with Crippen molar-refractivity contribution in [3.05, 3.63) is 24.3 Å². The lowest BCUT2D eigenvalue weighted by Crippen LogP contribution is -2.38. The van der Waals surface area contributed by atoms with Crippen molar-refractivity contribution in [2.45, 2.75) is 22.5 Å². The van der Waals surface area contributed by atoms with Crippen LogP contribution in [-0.2, 0) is 14.4 Å². The molecule has 0 aromatic heterocycles. The van der Waals surface area contributed by atoms with E-state index in [-0.39, 0.29) is 39.8 Å². The predicted octanol–water partition coefficient (Wildman–Crippen LogP) is 2.56. The van der Waals surface area contributed by atoms with Gasteiger partial charge in [-0.1, -0.05) is 44.0 Å². The first-order chi connectivity index (χ1) is 11.9. The molecular formula is C17H18Br2N2O4. The van der Waals surface area contributed by atoms with E-state index in [1.807, 2.05) is 0 Å². The minimum absolute atomic E-state index is 0.146. The van der Waals surface area contributed by atoms with Crippen LogP contribution in [0.15, 0.2) is 24.3 Å². The zero-order valence-corrected chi connectivity index (χ0v) is 16.7. The molecule has 1 aromatic carbocycles. The average molecular weight is 474 g/mol. The molecule has 4 atom stereocenters. The van der Waals surface area contributed by atoms with E-state index < -0.39 is 5.91 Å². The summed E-state index contributed by atoms with van der Waals surface area (Å²) in [7, 11) is 1.51. The fourth-order valence-electron chi connectivity index (χ4n) is 3.40. The Labute approximate surface area is 162 Å². The van der Waals surface area contributed by atoms with Crippen molar-refractivity contribution < 1.29 is 19.1 Å². The third kappa shape index (κ3) is 3.60. The number of alkyl halides is 2. The smallest absolute Gasteiger partial charge is 0.244 e. The van der Waals surface area contributed by atoms with Crippen molar-refractivity contribution in [2.24, 2.45) is 11.8 Å². The molecule has 1 aliphatic heterocycles. The number of para-hydroxylation sites is 2. The van der Waals surface area contributed by atoms with Gasteiger partial charge in [0.1, 0.15) is 12.3 Å². The number of nitrogens with zero attached hydrogens (tertiary/aromatic N) is 1. The van der Waals surface area contributed by atoms with Crippen molar-refractivity contribution in [3.63, 3.8) is 0 Å². The van der Waals surface area contributed by atoms with Gasteiger partial charge in [0.25, 0.3) is 0 Å². The number of imide groups is 1. The number of rotatable bonds is 4. The van der Waals surface area contributed by atoms with Crippen LogP contribution in [0.2, 0.25) is 0 Å². The fourth-order valence-corrected chi connectivity index (χ4v) is 4.64. The zero-order chi connectivity index (χ0) is 18.1. The van der Waals surface area contributed by atoms with Gasteiger partial charge in [-0.3, -0.25) is 19.3 Å². The lowest BCUT2D eigenvalue weighted by molar-refractivity contribution is -0.142. The van der Waals surface area contributed by atoms with Crippen LogP contribution in [0.25, 0.3) is 0 Å². The summed E-state index contributed by atoms with van der Waals surface area (Å²) in [5, 5.41) is 2.70. The Hall–Kier alpha value is -1.41. The molecule has 1 aromatic rings. The van der Waals surface area contributed by atoms with E-state index in [1.165, 1.54) is 7.11 Å². The molecule has 3 rings (SSSR count). The van der Waals surface area contributed by atoms with Gasteiger partial charge in [0.15, 0.2) is 0 Å².